The van der Waals surface area contributed by atoms with E-state index >= 15 is 0 Å². The molecule has 0 spiro atoms. The summed E-state index contributed by atoms with van der Waals surface area (Å²) in [6.45, 7) is 1.76. The second-order valence-corrected chi connectivity index (χ2v) is 13.4. The molecule has 0 N–H and O–H groups in total. The number of hydrogen-bond acceptors (Lipinski definition) is 8. The third-order valence-corrected chi connectivity index (χ3v) is 9.53. The summed E-state index contributed by atoms with van der Waals surface area (Å²) in [5.41, 5.74) is 5.93. The van der Waals surface area contributed by atoms with Crippen molar-refractivity contribution >= 4 is 11.6 Å². The fraction of sp³-hybridized carbons (Fsp3) is 0.250. The summed E-state index contributed by atoms with van der Waals surface area (Å²) in [6, 6.07) is 46.4. The second-order valence-electron chi connectivity index (χ2n) is 13.0. The number of hydrogen-bond donors (Lipinski definition) is 0. The van der Waals surface area contributed by atoms with E-state index in [1.54, 1.807) is 12.4 Å². The molecule has 0 radical (unpaired) electrons. The molecule has 5 aromatic carbocycles. The van der Waals surface area contributed by atoms with Crippen LogP contribution in [0.25, 0.3) is 0 Å². The number of aromatic nitrogens is 3. The van der Waals surface area contributed by atoms with Crippen molar-refractivity contribution in [3.8, 4) is 0 Å². The van der Waals surface area contributed by atoms with Crippen LogP contribution in [-0.4, -0.2) is 46.2 Å². The standard InChI is InChI=1S/C44H42ClN3O5/c45-38-22-21-36(25-37(38)26-40-46-23-24-47-48-40)41-43(51-29-34-17-9-3-10-18-34)44(52-30-35-19-11-4-12-20-35)42(50-28-33-15-7-2-8-16-33)39(53-41)31-49-27-32-13-5-1-6-14-32/h1-25,39,41-44H,26-31H2/t39-,41+,42-,43+,44+/m1/s1. The first kappa shape index (κ1) is 36.6. The van der Waals surface area contributed by atoms with E-state index in [2.05, 4.69) is 51.6 Å². The van der Waals surface area contributed by atoms with Crippen molar-refractivity contribution in [2.24, 2.45) is 0 Å². The molecule has 9 heteroatoms. The smallest absolute Gasteiger partial charge is 0.155 e. The van der Waals surface area contributed by atoms with Crippen molar-refractivity contribution in [2.45, 2.75) is 63.4 Å². The fourth-order valence-corrected chi connectivity index (χ4v) is 6.68. The van der Waals surface area contributed by atoms with Gasteiger partial charge in [0.1, 0.15) is 30.5 Å². The molecule has 8 nitrogen and oxygen atoms in total. The summed E-state index contributed by atoms with van der Waals surface area (Å²) in [5, 5.41) is 8.80. The van der Waals surface area contributed by atoms with E-state index in [-0.39, 0.29) is 6.61 Å². The quantitative estimate of drug-likeness (QED) is 0.0982. The second kappa shape index (κ2) is 18.8. The number of rotatable bonds is 16. The van der Waals surface area contributed by atoms with Crippen LogP contribution in [0, 0.1) is 0 Å². The van der Waals surface area contributed by atoms with Crippen molar-refractivity contribution in [1.82, 2.24) is 15.2 Å². The maximum Gasteiger partial charge on any atom is 0.155 e. The van der Waals surface area contributed by atoms with E-state index < -0.39 is 30.5 Å². The molecule has 7 rings (SSSR count). The summed E-state index contributed by atoms with van der Waals surface area (Å²) < 4.78 is 34.1. The lowest BCUT2D eigenvalue weighted by molar-refractivity contribution is -0.275. The molecular weight excluding hydrogens is 686 g/mol. The zero-order valence-corrected chi connectivity index (χ0v) is 30.1. The van der Waals surface area contributed by atoms with Gasteiger partial charge in [0.05, 0.1) is 39.2 Å². The van der Waals surface area contributed by atoms with Crippen molar-refractivity contribution < 1.29 is 23.7 Å². The highest BCUT2D eigenvalue weighted by Crippen LogP contribution is 2.39. The normalized spacial score (nSPS) is 19.9. The van der Waals surface area contributed by atoms with Crippen LogP contribution in [0.4, 0.5) is 0 Å². The van der Waals surface area contributed by atoms with Crippen LogP contribution >= 0.6 is 11.6 Å². The number of ether oxygens (including phenoxy) is 5. The van der Waals surface area contributed by atoms with Crippen LogP contribution in [0.3, 0.4) is 0 Å². The Bertz CT molecular complexity index is 1960. The minimum absolute atomic E-state index is 0.269. The molecule has 1 aromatic heterocycles. The highest BCUT2D eigenvalue weighted by molar-refractivity contribution is 6.31. The third-order valence-electron chi connectivity index (χ3n) is 9.16. The molecule has 0 saturated carbocycles. The lowest BCUT2D eigenvalue weighted by Gasteiger charge is -2.46. The van der Waals surface area contributed by atoms with Crippen molar-refractivity contribution in [2.75, 3.05) is 6.61 Å². The number of nitrogens with zero attached hydrogens (tertiary/aromatic N) is 3. The lowest BCUT2D eigenvalue weighted by atomic mass is 9.89. The van der Waals surface area contributed by atoms with Crippen molar-refractivity contribution in [3.05, 3.63) is 196 Å². The Morgan fingerprint density at radius 1 is 0.566 bits per heavy atom. The van der Waals surface area contributed by atoms with Crippen LogP contribution in [0.1, 0.15) is 45.3 Å². The van der Waals surface area contributed by atoms with Gasteiger partial charge in [-0.25, -0.2) is 4.98 Å². The maximum absolute atomic E-state index is 7.10. The Kier molecular flexibility index (Phi) is 13.0. The zero-order valence-electron chi connectivity index (χ0n) is 29.3. The third kappa shape index (κ3) is 10.2. The van der Waals surface area contributed by atoms with E-state index in [1.165, 1.54) is 0 Å². The van der Waals surface area contributed by atoms with Crippen LogP contribution in [0.5, 0.6) is 0 Å². The van der Waals surface area contributed by atoms with Gasteiger partial charge in [0, 0.05) is 17.6 Å². The molecule has 5 atom stereocenters. The average molecular weight is 728 g/mol. The van der Waals surface area contributed by atoms with E-state index in [1.807, 2.05) is 103 Å². The monoisotopic (exact) mass is 727 g/mol. The van der Waals surface area contributed by atoms with E-state index in [0.29, 0.717) is 43.7 Å². The van der Waals surface area contributed by atoms with E-state index in [0.717, 1.165) is 33.4 Å². The molecule has 270 valence electrons. The summed E-state index contributed by atoms with van der Waals surface area (Å²) >= 11 is 6.77. The molecule has 2 heterocycles. The summed E-state index contributed by atoms with van der Waals surface area (Å²) in [4.78, 5) is 4.39. The van der Waals surface area contributed by atoms with Gasteiger partial charge in [0.2, 0.25) is 0 Å². The fourth-order valence-electron chi connectivity index (χ4n) is 6.49. The van der Waals surface area contributed by atoms with Crippen molar-refractivity contribution in [1.29, 1.82) is 0 Å². The van der Waals surface area contributed by atoms with Crippen LogP contribution < -0.4 is 0 Å². The van der Waals surface area contributed by atoms with Gasteiger partial charge in [0.15, 0.2) is 5.82 Å². The van der Waals surface area contributed by atoms with Crippen molar-refractivity contribution in [3.63, 3.8) is 0 Å². The first-order chi connectivity index (χ1) is 26.2. The van der Waals surface area contributed by atoms with Gasteiger partial charge in [-0.1, -0.05) is 145 Å². The molecule has 0 bridgehead atoms. The van der Waals surface area contributed by atoms with Gasteiger partial charge in [0.25, 0.3) is 0 Å². The largest absolute Gasteiger partial charge is 0.374 e. The van der Waals surface area contributed by atoms with Gasteiger partial charge in [-0.05, 0) is 39.4 Å². The molecule has 1 fully saturated rings. The summed E-state index contributed by atoms with van der Waals surface area (Å²) in [5.74, 6) is 0.568. The predicted molar refractivity (Wildman–Crippen MR) is 203 cm³/mol. The molecule has 0 amide bonds. The Morgan fingerprint density at radius 3 is 1.64 bits per heavy atom. The van der Waals surface area contributed by atoms with E-state index in [4.69, 9.17) is 35.3 Å². The molecule has 1 aliphatic heterocycles. The van der Waals surface area contributed by atoms with Gasteiger partial charge in [-0.15, -0.1) is 5.10 Å². The molecule has 1 saturated heterocycles. The molecule has 53 heavy (non-hydrogen) atoms. The van der Waals surface area contributed by atoms with Gasteiger partial charge in [-0.3, -0.25) is 0 Å². The molecule has 1 aliphatic rings. The minimum atomic E-state index is -0.575. The highest BCUT2D eigenvalue weighted by atomic mass is 35.5. The summed E-state index contributed by atoms with van der Waals surface area (Å²) in [6.07, 6.45) is 0.852. The van der Waals surface area contributed by atoms with Gasteiger partial charge in [-0.2, -0.15) is 5.10 Å². The average Bonchev–Trinajstić information content (AvgIpc) is 3.21. The molecule has 6 aromatic rings. The Labute approximate surface area is 315 Å². The first-order valence-corrected chi connectivity index (χ1v) is 18.2. The first-order valence-electron chi connectivity index (χ1n) is 17.8. The SMILES string of the molecule is Clc1ccc([C@@H]2O[C@H](COCc3ccccc3)[C@@H](OCc3ccccc3)[C@H](OCc3ccccc3)[C@H]2OCc2ccccc2)cc1Cc1nccnn1. The van der Waals surface area contributed by atoms with Crippen LogP contribution in [-0.2, 0) is 56.5 Å². The molecule has 0 aliphatic carbocycles. The molecular formula is C44H42ClN3O5. The minimum Gasteiger partial charge on any atom is -0.374 e. The Balaban J connectivity index is 1.26. The number of benzene rings is 5. The lowest BCUT2D eigenvalue weighted by Crippen LogP contribution is -2.58. The topological polar surface area (TPSA) is 84.8 Å². The number of halogens is 1. The van der Waals surface area contributed by atoms with Gasteiger partial charge < -0.3 is 23.7 Å². The van der Waals surface area contributed by atoms with Gasteiger partial charge >= 0.3 is 0 Å². The predicted octanol–water partition coefficient (Wildman–Crippen LogP) is 8.53. The highest BCUT2D eigenvalue weighted by Gasteiger charge is 2.49. The summed E-state index contributed by atoms with van der Waals surface area (Å²) in [7, 11) is 0. The van der Waals surface area contributed by atoms with Crippen LogP contribution in [0.2, 0.25) is 5.02 Å². The van der Waals surface area contributed by atoms with E-state index in [9.17, 15) is 0 Å². The maximum atomic E-state index is 7.10. The molecule has 0 unspecified atom stereocenters. The Hall–Kier alpha value is -4.80. The Morgan fingerprint density at radius 2 is 1.09 bits per heavy atom. The zero-order chi connectivity index (χ0) is 36.1. The van der Waals surface area contributed by atoms with Crippen LogP contribution in [0.15, 0.2) is 152 Å².